The summed E-state index contributed by atoms with van der Waals surface area (Å²) in [5.74, 6) is 0.759. The molecule has 1 aliphatic rings. The summed E-state index contributed by atoms with van der Waals surface area (Å²) in [4.78, 5) is 2.44. The van der Waals surface area contributed by atoms with Crippen molar-refractivity contribution in [2.45, 2.75) is 25.7 Å². The minimum atomic E-state index is 0.759. The first-order chi connectivity index (χ1) is 6.75. The van der Waals surface area contributed by atoms with Gasteiger partial charge in [-0.05, 0) is 44.8 Å². The van der Waals surface area contributed by atoms with Crippen molar-refractivity contribution in [1.29, 1.82) is 0 Å². The van der Waals surface area contributed by atoms with Crippen LogP contribution in [0.15, 0.2) is 24.3 Å². The summed E-state index contributed by atoms with van der Waals surface area (Å²) >= 11 is 0. The second-order valence-electron chi connectivity index (χ2n) is 4.51. The second-order valence-corrected chi connectivity index (χ2v) is 4.51. The van der Waals surface area contributed by atoms with Gasteiger partial charge in [0, 0.05) is 6.54 Å². The van der Waals surface area contributed by atoms with Gasteiger partial charge in [-0.25, -0.2) is 0 Å². The van der Waals surface area contributed by atoms with E-state index in [1.54, 1.807) is 0 Å². The van der Waals surface area contributed by atoms with Crippen LogP contribution in [0.25, 0.3) is 0 Å². The first-order valence-electron chi connectivity index (χ1n) is 5.51. The van der Waals surface area contributed by atoms with Crippen molar-refractivity contribution in [3.63, 3.8) is 0 Å². The molecule has 1 heteroatoms. The van der Waals surface area contributed by atoms with Crippen LogP contribution in [0.5, 0.6) is 0 Å². The van der Waals surface area contributed by atoms with Gasteiger partial charge in [0.2, 0.25) is 0 Å². The number of rotatable bonds is 1. The van der Waals surface area contributed by atoms with Gasteiger partial charge in [0.05, 0.1) is 0 Å². The molecule has 14 heavy (non-hydrogen) atoms. The van der Waals surface area contributed by atoms with E-state index in [-0.39, 0.29) is 0 Å². The first kappa shape index (κ1) is 9.72. The van der Waals surface area contributed by atoms with Crippen LogP contribution in [-0.4, -0.2) is 25.0 Å². The Morgan fingerprint density at radius 1 is 1.21 bits per heavy atom. The van der Waals surface area contributed by atoms with Crippen molar-refractivity contribution in [3.05, 3.63) is 35.4 Å². The van der Waals surface area contributed by atoms with Crippen molar-refractivity contribution in [2.24, 2.45) is 0 Å². The molecule has 0 unspecified atom stereocenters. The molecule has 1 atom stereocenters. The van der Waals surface area contributed by atoms with Gasteiger partial charge in [-0.3, -0.25) is 0 Å². The third-order valence-electron chi connectivity index (χ3n) is 3.17. The van der Waals surface area contributed by atoms with Gasteiger partial charge in [0.1, 0.15) is 0 Å². The van der Waals surface area contributed by atoms with Gasteiger partial charge in [-0.2, -0.15) is 0 Å². The third kappa shape index (κ3) is 2.16. The van der Waals surface area contributed by atoms with Gasteiger partial charge in [-0.15, -0.1) is 0 Å². The molecule has 2 rings (SSSR count). The predicted octanol–water partition coefficient (Wildman–Crippen LogP) is 2.80. The standard InChI is InChI=1S/C13H19N/c1-11-5-7-12(8-6-11)13-4-3-9-14(2)10-13/h5-8,13H,3-4,9-10H2,1-2H3/t13-/m0/s1. The summed E-state index contributed by atoms with van der Waals surface area (Å²) in [5, 5.41) is 0. The van der Waals surface area contributed by atoms with Crippen LogP contribution >= 0.6 is 0 Å². The van der Waals surface area contributed by atoms with E-state index in [1.807, 2.05) is 0 Å². The maximum absolute atomic E-state index is 2.44. The molecule has 1 aromatic rings. The summed E-state index contributed by atoms with van der Waals surface area (Å²) < 4.78 is 0. The molecule has 1 aliphatic heterocycles. The molecular formula is C13H19N. The van der Waals surface area contributed by atoms with E-state index in [0.717, 1.165) is 5.92 Å². The molecule has 0 radical (unpaired) electrons. The minimum absolute atomic E-state index is 0.759. The van der Waals surface area contributed by atoms with E-state index >= 15 is 0 Å². The predicted molar refractivity (Wildman–Crippen MR) is 60.7 cm³/mol. The zero-order valence-electron chi connectivity index (χ0n) is 9.16. The fourth-order valence-electron chi connectivity index (χ4n) is 2.28. The lowest BCUT2D eigenvalue weighted by Gasteiger charge is -2.29. The maximum Gasteiger partial charge on any atom is 0.00472 e. The fraction of sp³-hybridized carbons (Fsp3) is 0.538. The molecule has 76 valence electrons. The van der Waals surface area contributed by atoms with Crippen LogP contribution in [-0.2, 0) is 0 Å². The molecule has 0 bridgehead atoms. The van der Waals surface area contributed by atoms with E-state index in [2.05, 4.69) is 43.1 Å². The average Bonchev–Trinajstić information content (AvgIpc) is 2.19. The Labute approximate surface area is 86.7 Å². The number of benzene rings is 1. The lowest BCUT2D eigenvalue weighted by molar-refractivity contribution is 0.251. The summed E-state index contributed by atoms with van der Waals surface area (Å²) in [6, 6.07) is 9.03. The summed E-state index contributed by atoms with van der Waals surface area (Å²) in [6.07, 6.45) is 2.70. The van der Waals surface area contributed by atoms with E-state index in [0.29, 0.717) is 0 Å². The smallest absolute Gasteiger partial charge is 0.00472 e. The number of likely N-dealkylation sites (tertiary alicyclic amines) is 1. The van der Waals surface area contributed by atoms with Crippen LogP contribution in [0.2, 0.25) is 0 Å². The molecule has 1 fully saturated rings. The Morgan fingerprint density at radius 2 is 1.93 bits per heavy atom. The number of likely N-dealkylation sites (N-methyl/N-ethyl adjacent to an activating group) is 1. The molecule has 0 aliphatic carbocycles. The summed E-state index contributed by atoms with van der Waals surface area (Å²) in [6.45, 7) is 4.64. The van der Waals surface area contributed by atoms with E-state index in [1.165, 1.54) is 37.1 Å². The topological polar surface area (TPSA) is 3.24 Å². The van der Waals surface area contributed by atoms with Crippen LogP contribution < -0.4 is 0 Å². The van der Waals surface area contributed by atoms with Gasteiger partial charge in [0.15, 0.2) is 0 Å². The van der Waals surface area contributed by atoms with Crippen LogP contribution in [0.4, 0.5) is 0 Å². The molecule has 1 nitrogen and oxygen atoms in total. The van der Waals surface area contributed by atoms with Crippen molar-refractivity contribution >= 4 is 0 Å². The van der Waals surface area contributed by atoms with Crippen molar-refractivity contribution in [3.8, 4) is 0 Å². The third-order valence-corrected chi connectivity index (χ3v) is 3.17. The average molecular weight is 189 g/mol. The quantitative estimate of drug-likeness (QED) is 0.656. The van der Waals surface area contributed by atoms with Crippen LogP contribution in [0, 0.1) is 6.92 Å². The highest BCUT2D eigenvalue weighted by Gasteiger charge is 2.18. The van der Waals surface area contributed by atoms with Gasteiger partial charge >= 0.3 is 0 Å². The van der Waals surface area contributed by atoms with Crippen molar-refractivity contribution in [1.82, 2.24) is 4.90 Å². The number of nitrogens with zero attached hydrogens (tertiary/aromatic N) is 1. The SMILES string of the molecule is Cc1ccc([C@H]2CCCN(C)C2)cc1. The first-order valence-corrected chi connectivity index (χ1v) is 5.51. The normalized spacial score (nSPS) is 23.7. The van der Waals surface area contributed by atoms with Gasteiger partial charge in [-0.1, -0.05) is 29.8 Å². The largest absolute Gasteiger partial charge is 0.306 e. The molecule has 0 spiro atoms. The second kappa shape index (κ2) is 4.14. The number of piperidine rings is 1. The monoisotopic (exact) mass is 189 g/mol. The van der Waals surface area contributed by atoms with Crippen molar-refractivity contribution < 1.29 is 0 Å². The Balaban J connectivity index is 2.10. The van der Waals surface area contributed by atoms with E-state index in [4.69, 9.17) is 0 Å². The summed E-state index contributed by atoms with van der Waals surface area (Å²) in [5.41, 5.74) is 2.88. The molecule has 1 aromatic carbocycles. The zero-order chi connectivity index (χ0) is 9.97. The summed E-state index contributed by atoms with van der Waals surface area (Å²) in [7, 11) is 2.22. The number of aryl methyl sites for hydroxylation is 1. The lowest BCUT2D eigenvalue weighted by Crippen LogP contribution is -2.30. The molecule has 0 aromatic heterocycles. The lowest BCUT2D eigenvalue weighted by atomic mass is 9.90. The highest BCUT2D eigenvalue weighted by atomic mass is 15.1. The Morgan fingerprint density at radius 3 is 2.57 bits per heavy atom. The van der Waals surface area contributed by atoms with Crippen molar-refractivity contribution in [2.75, 3.05) is 20.1 Å². The molecule has 1 saturated heterocycles. The Hall–Kier alpha value is -0.820. The highest BCUT2D eigenvalue weighted by Crippen LogP contribution is 2.26. The number of hydrogen-bond acceptors (Lipinski definition) is 1. The fourth-order valence-corrected chi connectivity index (χ4v) is 2.28. The molecule has 0 amide bonds. The maximum atomic E-state index is 2.44. The van der Waals surface area contributed by atoms with Gasteiger partial charge in [0.25, 0.3) is 0 Å². The molecule has 0 N–H and O–H groups in total. The minimum Gasteiger partial charge on any atom is -0.306 e. The highest BCUT2D eigenvalue weighted by molar-refractivity contribution is 5.25. The molecule has 0 saturated carbocycles. The van der Waals surface area contributed by atoms with Crippen LogP contribution in [0.1, 0.15) is 29.9 Å². The van der Waals surface area contributed by atoms with E-state index in [9.17, 15) is 0 Å². The molecule has 1 heterocycles. The Kier molecular flexibility index (Phi) is 2.87. The van der Waals surface area contributed by atoms with Gasteiger partial charge < -0.3 is 4.90 Å². The number of hydrogen-bond donors (Lipinski definition) is 0. The zero-order valence-corrected chi connectivity index (χ0v) is 9.16. The van der Waals surface area contributed by atoms with Crippen LogP contribution in [0.3, 0.4) is 0 Å². The van der Waals surface area contributed by atoms with E-state index < -0.39 is 0 Å². The Bertz CT molecular complexity index is 289. The molecular weight excluding hydrogens is 170 g/mol.